The fourth-order valence-corrected chi connectivity index (χ4v) is 1.29. The van der Waals surface area contributed by atoms with Crippen molar-refractivity contribution < 1.29 is 4.79 Å². The minimum atomic E-state index is -0.00271. The first kappa shape index (κ1) is 13.3. The van der Waals surface area contributed by atoms with Crippen molar-refractivity contribution in [2.45, 2.75) is 0 Å². The quantitative estimate of drug-likeness (QED) is 0.588. The average molecular weight is 233 g/mol. The summed E-state index contributed by atoms with van der Waals surface area (Å²) in [6.45, 7) is 1.49. The molecule has 1 amide bonds. The normalized spacial score (nSPS) is 10.7. The van der Waals surface area contributed by atoms with Crippen LogP contribution in [-0.2, 0) is 4.79 Å². The monoisotopic (exact) mass is 233 g/mol. The molecule has 3 N–H and O–H groups in total. The van der Waals surface area contributed by atoms with E-state index in [1.165, 1.54) is 0 Å². The van der Waals surface area contributed by atoms with Gasteiger partial charge in [-0.25, -0.2) is 0 Å². The van der Waals surface area contributed by atoms with Crippen LogP contribution < -0.4 is 11.1 Å². The highest BCUT2D eigenvalue weighted by atomic mass is 16.2. The second-order valence-electron chi connectivity index (χ2n) is 3.86. The summed E-state index contributed by atoms with van der Waals surface area (Å²) in [4.78, 5) is 13.3. The van der Waals surface area contributed by atoms with Crippen molar-refractivity contribution in [2.24, 2.45) is 0 Å². The van der Waals surface area contributed by atoms with E-state index in [1.807, 2.05) is 31.3 Å². The number of likely N-dealkylation sites (N-methyl/N-ethyl adjacent to an activating group) is 2. The van der Waals surface area contributed by atoms with Crippen molar-refractivity contribution in [3.8, 4) is 0 Å². The lowest BCUT2D eigenvalue weighted by atomic mass is 10.2. The molecule has 92 valence electrons. The molecule has 0 atom stereocenters. The molecule has 0 aliphatic rings. The van der Waals surface area contributed by atoms with Crippen LogP contribution in [0.2, 0.25) is 0 Å². The molecule has 0 fully saturated rings. The Hall–Kier alpha value is -1.81. The summed E-state index contributed by atoms with van der Waals surface area (Å²) in [6.07, 6.45) is 3.36. The second-order valence-corrected chi connectivity index (χ2v) is 3.86. The summed E-state index contributed by atoms with van der Waals surface area (Å²) < 4.78 is 0. The number of carbonyl (C=O) groups is 1. The Labute approximate surface area is 102 Å². The van der Waals surface area contributed by atoms with Gasteiger partial charge in [-0.05, 0) is 30.8 Å². The molecule has 0 bridgehead atoms. The lowest BCUT2D eigenvalue weighted by Gasteiger charge is -2.14. The van der Waals surface area contributed by atoms with Crippen molar-refractivity contribution in [2.75, 3.05) is 32.9 Å². The molecule has 4 nitrogen and oxygen atoms in total. The Kier molecular flexibility index (Phi) is 5.23. The van der Waals surface area contributed by atoms with Crippen LogP contribution in [0.3, 0.4) is 0 Å². The van der Waals surface area contributed by atoms with Gasteiger partial charge in [0.15, 0.2) is 0 Å². The highest BCUT2D eigenvalue weighted by Gasteiger charge is 2.02. The molecule has 4 heteroatoms. The van der Waals surface area contributed by atoms with E-state index in [2.05, 4.69) is 5.32 Å². The van der Waals surface area contributed by atoms with Crippen LogP contribution in [0, 0.1) is 0 Å². The van der Waals surface area contributed by atoms with Crippen LogP contribution in [0.15, 0.2) is 30.3 Å². The zero-order valence-corrected chi connectivity index (χ0v) is 10.3. The van der Waals surface area contributed by atoms with Crippen molar-refractivity contribution in [3.63, 3.8) is 0 Å². The lowest BCUT2D eigenvalue weighted by molar-refractivity contribution is -0.124. The molecular formula is C13H19N3O. The Morgan fingerprint density at radius 1 is 1.41 bits per heavy atom. The summed E-state index contributed by atoms with van der Waals surface area (Å²) in [5.41, 5.74) is 7.27. The van der Waals surface area contributed by atoms with Crippen molar-refractivity contribution in [1.29, 1.82) is 0 Å². The maximum atomic E-state index is 11.7. The number of anilines is 1. The molecule has 0 radical (unpaired) electrons. The highest BCUT2D eigenvalue weighted by Crippen LogP contribution is 2.07. The lowest BCUT2D eigenvalue weighted by Crippen LogP contribution is -2.31. The van der Waals surface area contributed by atoms with E-state index in [4.69, 9.17) is 5.73 Å². The summed E-state index contributed by atoms with van der Waals surface area (Å²) in [7, 11) is 3.65. The van der Waals surface area contributed by atoms with Crippen molar-refractivity contribution >= 4 is 17.7 Å². The fraction of sp³-hybridized carbons (Fsp3) is 0.308. The number of nitrogen functional groups attached to an aromatic ring is 1. The first-order chi connectivity index (χ1) is 8.13. The molecule has 0 saturated heterocycles. The smallest absolute Gasteiger partial charge is 0.246 e. The van der Waals surface area contributed by atoms with Crippen LogP contribution in [0.5, 0.6) is 0 Å². The molecule has 0 aromatic heterocycles. The van der Waals surface area contributed by atoms with Gasteiger partial charge >= 0.3 is 0 Å². The largest absolute Gasteiger partial charge is 0.399 e. The summed E-state index contributed by atoms with van der Waals surface area (Å²) in [6, 6.07) is 7.39. The number of rotatable bonds is 5. The maximum absolute atomic E-state index is 11.7. The molecule has 0 aliphatic heterocycles. The Balaban J connectivity index is 2.52. The number of hydrogen-bond acceptors (Lipinski definition) is 3. The van der Waals surface area contributed by atoms with Crippen LogP contribution in [-0.4, -0.2) is 38.0 Å². The van der Waals surface area contributed by atoms with Gasteiger partial charge in [0.1, 0.15) is 0 Å². The van der Waals surface area contributed by atoms with Gasteiger partial charge in [-0.15, -0.1) is 0 Å². The van der Waals surface area contributed by atoms with E-state index >= 15 is 0 Å². The van der Waals surface area contributed by atoms with Gasteiger partial charge in [-0.2, -0.15) is 0 Å². The van der Waals surface area contributed by atoms with E-state index in [0.29, 0.717) is 6.54 Å². The first-order valence-corrected chi connectivity index (χ1v) is 5.57. The number of hydrogen-bond donors (Lipinski definition) is 2. The highest BCUT2D eigenvalue weighted by molar-refractivity contribution is 5.91. The number of nitrogens with one attached hydrogen (secondary N) is 1. The van der Waals surface area contributed by atoms with Gasteiger partial charge in [0, 0.05) is 31.9 Å². The molecule has 0 heterocycles. The third-order valence-electron chi connectivity index (χ3n) is 2.43. The van der Waals surface area contributed by atoms with Crippen LogP contribution in [0.4, 0.5) is 5.69 Å². The minimum Gasteiger partial charge on any atom is -0.399 e. The fourth-order valence-electron chi connectivity index (χ4n) is 1.29. The summed E-state index contributed by atoms with van der Waals surface area (Å²) in [5, 5.41) is 3.00. The van der Waals surface area contributed by atoms with Gasteiger partial charge in [-0.1, -0.05) is 12.1 Å². The number of nitrogens with two attached hydrogens (primary N) is 1. The molecule has 17 heavy (non-hydrogen) atoms. The predicted octanol–water partition coefficient (Wildman–Crippen LogP) is 0.960. The molecule has 0 unspecified atom stereocenters. The van der Waals surface area contributed by atoms with E-state index < -0.39 is 0 Å². The molecule has 0 aliphatic carbocycles. The molecule has 1 aromatic carbocycles. The van der Waals surface area contributed by atoms with Crippen LogP contribution in [0.25, 0.3) is 6.08 Å². The Morgan fingerprint density at radius 2 is 2.06 bits per heavy atom. The maximum Gasteiger partial charge on any atom is 0.246 e. The standard InChI is InChI=1S/C13H19N3O/c1-15-9-10-16(2)13(17)8-5-11-3-6-12(14)7-4-11/h3-8,15H,9-10,14H2,1-2H3/b8-5+. The number of carbonyl (C=O) groups excluding carboxylic acids is 1. The van der Waals surface area contributed by atoms with Gasteiger partial charge in [-0.3, -0.25) is 4.79 Å². The van der Waals surface area contributed by atoms with E-state index in [0.717, 1.165) is 17.8 Å². The number of nitrogens with zero attached hydrogens (tertiary/aromatic N) is 1. The first-order valence-electron chi connectivity index (χ1n) is 5.57. The van der Waals surface area contributed by atoms with Crippen molar-refractivity contribution in [1.82, 2.24) is 10.2 Å². The van der Waals surface area contributed by atoms with Gasteiger partial charge < -0.3 is 16.0 Å². The van der Waals surface area contributed by atoms with Crippen LogP contribution in [0.1, 0.15) is 5.56 Å². The van der Waals surface area contributed by atoms with Crippen LogP contribution >= 0.6 is 0 Å². The second kappa shape index (κ2) is 6.70. The number of benzene rings is 1. The van der Waals surface area contributed by atoms with Gasteiger partial charge in [0.2, 0.25) is 5.91 Å². The van der Waals surface area contributed by atoms with Gasteiger partial charge in [0.05, 0.1) is 0 Å². The van der Waals surface area contributed by atoms with E-state index in [-0.39, 0.29) is 5.91 Å². The van der Waals surface area contributed by atoms with Crippen molar-refractivity contribution in [3.05, 3.63) is 35.9 Å². The SMILES string of the molecule is CNCCN(C)C(=O)/C=C/c1ccc(N)cc1. The third-order valence-corrected chi connectivity index (χ3v) is 2.43. The molecule has 0 spiro atoms. The number of amides is 1. The zero-order valence-electron chi connectivity index (χ0n) is 10.3. The molecule has 1 rings (SSSR count). The zero-order chi connectivity index (χ0) is 12.7. The summed E-state index contributed by atoms with van der Waals surface area (Å²) >= 11 is 0. The summed E-state index contributed by atoms with van der Waals surface area (Å²) in [5.74, 6) is -0.00271. The predicted molar refractivity (Wildman–Crippen MR) is 71.5 cm³/mol. The topological polar surface area (TPSA) is 58.4 Å². The van der Waals surface area contributed by atoms with E-state index in [1.54, 1.807) is 24.1 Å². The van der Waals surface area contributed by atoms with E-state index in [9.17, 15) is 4.79 Å². The average Bonchev–Trinajstić information content (AvgIpc) is 2.34. The Bertz CT molecular complexity index is 384. The van der Waals surface area contributed by atoms with Gasteiger partial charge in [0.25, 0.3) is 0 Å². The third kappa shape index (κ3) is 4.70. The molecule has 1 aromatic rings. The minimum absolute atomic E-state index is 0.00271. The molecule has 0 saturated carbocycles. The molecular weight excluding hydrogens is 214 g/mol. The Morgan fingerprint density at radius 3 is 2.65 bits per heavy atom.